The lowest BCUT2D eigenvalue weighted by molar-refractivity contribution is -0.124. The Hall–Kier alpha value is -0.220. The molecule has 1 N–H and O–H groups in total. The lowest BCUT2D eigenvalue weighted by Gasteiger charge is -2.14. The molecule has 17 heavy (non-hydrogen) atoms. The fourth-order valence-electron chi connectivity index (χ4n) is 1.39. The smallest absolute Gasteiger partial charge is 0.217 e. The first kappa shape index (κ1) is 16.8. The van der Waals surface area contributed by atoms with E-state index in [1.807, 2.05) is 0 Å². The lowest BCUT2D eigenvalue weighted by atomic mass is 10.2. The Bertz CT molecular complexity index is 237. The number of hydrogen-bond donors (Lipinski definition) is 1. The number of rotatable bonds is 10. The molecule has 0 aromatic heterocycles. The third-order valence-electron chi connectivity index (χ3n) is 2.32. The average molecular weight is 280 g/mol. The average Bonchev–Trinajstić information content (AvgIpc) is 2.30. The standard InChI is InChI=1S/C12H22ClNO2S/c1-3-4-5-6-7-17-9-11(12(16)8-13)14-10(2)15/h11H,3-9H2,1-2H3,(H,14,15)/t11-/m0/s1. The minimum atomic E-state index is -0.429. The van der Waals surface area contributed by atoms with E-state index in [0.29, 0.717) is 5.75 Å². The number of Topliss-reactive ketones (excluding diaryl/α,β-unsaturated/α-hetero) is 1. The quantitative estimate of drug-likeness (QED) is 0.494. The van der Waals surface area contributed by atoms with E-state index in [0.717, 1.165) is 5.75 Å². The van der Waals surface area contributed by atoms with E-state index in [4.69, 9.17) is 11.6 Å². The van der Waals surface area contributed by atoms with Gasteiger partial charge >= 0.3 is 0 Å². The normalized spacial score (nSPS) is 12.2. The van der Waals surface area contributed by atoms with Crippen molar-refractivity contribution in [3.63, 3.8) is 0 Å². The summed E-state index contributed by atoms with van der Waals surface area (Å²) in [7, 11) is 0. The molecule has 0 aliphatic heterocycles. The third kappa shape index (κ3) is 9.48. The van der Waals surface area contributed by atoms with Gasteiger partial charge in [-0.3, -0.25) is 9.59 Å². The van der Waals surface area contributed by atoms with Gasteiger partial charge in [0, 0.05) is 12.7 Å². The Kier molecular flexibility index (Phi) is 10.8. The highest BCUT2D eigenvalue weighted by atomic mass is 35.5. The van der Waals surface area contributed by atoms with Gasteiger partial charge in [0.1, 0.15) is 0 Å². The van der Waals surface area contributed by atoms with Crippen molar-refractivity contribution in [1.82, 2.24) is 5.32 Å². The Morgan fingerprint density at radius 3 is 2.53 bits per heavy atom. The highest BCUT2D eigenvalue weighted by Crippen LogP contribution is 2.10. The molecule has 0 heterocycles. The van der Waals surface area contributed by atoms with Gasteiger partial charge in [-0.25, -0.2) is 0 Å². The predicted octanol–water partition coefficient (Wildman–Crippen LogP) is 2.61. The molecule has 5 heteroatoms. The number of unbranched alkanes of at least 4 members (excludes halogenated alkanes) is 3. The van der Waals surface area contributed by atoms with Crippen molar-refractivity contribution >= 4 is 35.1 Å². The molecule has 0 aromatic carbocycles. The molecule has 0 radical (unpaired) electrons. The van der Waals surface area contributed by atoms with Crippen LogP contribution in [-0.2, 0) is 9.59 Å². The van der Waals surface area contributed by atoms with E-state index < -0.39 is 6.04 Å². The zero-order chi connectivity index (χ0) is 13.1. The van der Waals surface area contributed by atoms with Crippen LogP contribution in [0.2, 0.25) is 0 Å². The summed E-state index contributed by atoms with van der Waals surface area (Å²) in [5.41, 5.74) is 0. The maximum absolute atomic E-state index is 11.5. The summed E-state index contributed by atoms with van der Waals surface area (Å²) >= 11 is 7.20. The molecule has 100 valence electrons. The van der Waals surface area contributed by atoms with Crippen LogP contribution >= 0.6 is 23.4 Å². The predicted molar refractivity (Wildman–Crippen MR) is 74.8 cm³/mol. The second kappa shape index (κ2) is 10.9. The molecule has 0 saturated heterocycles. The fourth-order valence-corrected chi connectivity index (χ4v) is 2.65. The Balaban J connectivity index is 3.76. The van der Waals surface area contributed by atoms with Crippen molar-refractivity contribution in [1.29, 1.82) is 0 Å². The SMILES string of the molecule is CCCCCCSC[C@H](NC(C)=O)C(=O)CCl. The van der Waals surface area contributed by atoms with Gasteiger partial charge in [0.25, 0.3) is 0 Å². The molecule has 1 atom stereocenters. The minimum Gasteiger partial charge on any atom is -0.346 e. The van der Waals surface area contributed by atoms with Crippen LogP contribution in [0.3, 0.4) is 0 Å². The Morgan fingerprint density at radius 1 is 1.29 bits per heavy atom. The monoisotopic (exact) mass is 279 g/mol. The van der Waals surface area contributed by atoms with Gasteiger partial charge in [-0.15, -0.1) is 11.6 Å². The number of carbonyl (C=O) groups is 2. The van der Waals surface area contributed by atoms with Gasteiger partial charge in [-0.05, 0) is 12.2 Å². The second-order valence-corrected chi connectivity index (χ2v) is 5.41. The molecule has 0 aromatic rings. The van der Waals surface area contributed by atoms with Gasteiger partial charge in [-0.1, -0.05) is 26.2 Å². The number of amides is 1. The van der Waals surface area contributed by atoms with E-state index in [1.165, 1.54) is 32.6 Å². The zero-order valence-electron chi connectivity index (χ0n) is 10.6. The molecule has 1 amide bonds. The minimum absolute atomic E-state index is 0.0403. The van der Waals surface area contributed by atoms with Crippen molar-refractivity contribution in [2.75, 3.05) is 17.4 Å². The van der Waals surface area contributed by atoms with Crippen molar-refractivity contribution in [3.05, 3.63) is 0 Å². The van der Waals surface area contributed by atoms with Crippen LogP contribution in [0.25, 0.3) is 0 Å². The number of hydrogen-bond acceptors (Lipinski definition) is 3. The van der Waals surface area contributed by atoms with Crippen molar-refractivity contribution in [2.45, 2.75) is 45.6 Å². The first-order chi connectivity index (χ1) is 8.11. The van der Waals surface area contributed by atoms with E-state index >= 15 is 0 Å². The largest absolute Gasteiger partial charge is 0.346 e. The van der Waals surface area contributed by atoms with E-state index in [9.17, 15) is 9.59 Å². The molecule has 0 aliphatic rings. The number of ketones is 1. The number of carbonyl (C=O) groups excluding carboxylic acids is 2. The summed E-state index contributed by atoms with van der Waals surface area (Å²) in [6.07, 6.45) is 4.89. The fraction of sp³-hybridized carbons (Fsp3) is 0.833. The summed E-state index contributed by atoms with van der Waals surface area (Å²) < 4.78 is 0. The van der Waals surface area contributed by atoms with Gasteiger partial charge < -0.3 is 5.32 Å². The molecule has 0 rings (SSSR count). The number of nitrogens with one attached hydrogen (secondary N) is 1. The van der Waals surface area contributed by atoms with Gasteiger partial charge in [0.2, 0.25) is 5.91 Å². The van der Waals surface area contributed by atoms with Crippen molar-refractivity contribution < 1.29 is 9.59 Å². The summed E-state index contributed by atoms with van der Waals surface area (Å²) in [6.45, 7) is 3.60. The molecule has 0 bridgehead atoms. The molecule has 0 spiro atoms. The highest BCUT2D eigenvalue weighted by molar-refractivity contribution is 7.99. The molecule has 0 aliphatic carbocycles. The molecule has 0 fully saturated rings. The van der Waals surface area contributed by atoms with E-state index in [2.05, 4.69) is 12.2 Å². The van der Waals surface area contributed by atoms with Crippen LogP contribution < -0.4 is 5.32 Å². The summed E-state index contributed by atoms with van der Waals surface area (Å²) in [5, 5.41) is 2.64. The van der Waals surface area contributed by atoms with Crippen LogP contribution in [0.15, 0.2) is 0 Å². The Labute approximate surface area is 113 Å². The molecule has 0 unspecified atom stereocenters. The maximum Gasteiger partial charge on any atom is 0.217 e. The summed E-state index contributed by atoms with van der Waals surface area (Å²) in [5.74, 6) is 1.33. The Morgan fingerprint density at radius 2 is 2.00 bits per heavy atom. The van der Waals surface area contributed by atoms with Crippen LogP contribution in [0.5, 0.6) is 0 Å². The maximum atomic E-state index is 11.5. The van der Waals surface area contributed by atoms with Crippen LogP contribution in [0.4, 0.5) is 0 Å². The molecule has 0 saturated carbocycles. The molecule has 3 nitrogen and oxygen atoms in total. The number of alkyl halides is 1. The topological polar surface area (TPSA) is 46.2 Å². The second-order valence-electron chi connectivity index (χ2n) is 3.99. The van der Waals surface area contributed by atoms with Gasteiger partial charge in [0.05, 0.1) is 11.9 Å². The first-order valence-corrected chi connectivity index (χ1v) is 7.74. The van der Waals surface area contributed by atoms with E-state index in [1.54, 1.807) is 11.8 Å². The van der Waals surface area contributed by atoms with Gasteiger partial charge in [-0.2, -0.15) is 11.8 Å². The number of thioether (sulfide) groups is 1. The van der Waals surface area contributed by atoms with Crippen LogP contribution in [0.1, 0.15) is 39.5 Å². The third-order valence-corrected chi connectivity index (χ3v) is 3.73. The van der Waals surface area contributed by atoms with Crippen molar-refractivity contribution in [2.24, 2.45) is 0 Å². The zero-order valence-corrected chi connectivity index (χ0v) is 12.2. The van der Waals surface area contributed by atoms with Crippen LogP contribution in [-0.4, -0.2) is 35.1 Å². The number of halogens is 1. The van der Waals surface area contributed by atoms with Gasteiger partial charge in [0.15, 0.2) is 5.78 Å². The summed E-state index contributed by atoms with van der Waals surface area (Å²) in [6, 6.07) is -0.429. The molecular weight excluding hydrogens is 258 g/mol. The van der Waals surface area contributed by atoms with E-state index in [-0.39, 0.29) is 17.6 Å². The van der Waals surface area contributed by atoms with Crippen LogP contribution in [0, 0.1) is 0 Å². The molecular formula is C12H22ClNO2S. The first-order valence-electron chi connectivity index (χ1n) is 6.05. The summed E-state index contributed by atoms with van der Waals surface area (Å²) in [4.78, 5) is 22.4. The lowest BCUT2D eigenvalue weighted by Crippen LogP contribution is -2.42. The highest BCUT2D eigenvalue weighted by Gasteiger charge is 2.17. The van der Waals surface area contributed by atoms with Crippen molar-refractivity contribution in [3.8, 4) is 0 Å².